The number of rotatable bonds is 6. The molecule has 0 unspecified atom stereocenters. The Morgan fingerprint density at radius 3 is 2.39 bits per heavy atom. The molecule has 1 aromatic rings. The van der Waals surface area contributed by atoms with E-state index in [4.69, 9.17) is 5.73 Å². The third-order valence-corrected chi connectivity index (χ3v) is 3.80. The lowest BCUT2D eigenvalue weighted by atomic mass is 10.2. The smallest absolute Gasteiger partial charge is 0.0366 e. The van der Waals surface area contributed by atoms with E-state index in [1.165, 1.54) is 43.7 Å². The van der Waals surface area contributed by atoms with E-state index in [1.807, 2.05) is 0 Å². The molecule has 18 heavy (non-hydrogen) atoms. The molecule has 1 fully saturated rings. The fraction of sp³-hybridized carbons (Fsp3) is 0.600. The molecule has 0 atom stereocenters. The fourth-order valence-corrected chi connectivity index (χ4v) is 2.58. The predicted octanol–water partition coefficient (Wildman–Crippen LogP) is 2.07. The summed E-state index contributed by atoms with van der Waals surface area (Å²) in [6.07, 6.45) is 2.74. The maximum atomic E-state index is 5.63. The molecule has 0 radical (unpaired) electrons. The van der Waals surface area contributed by atoms with Gasteiger partial charge in [-0.2, -0.15) is 0 Å². The van der Waals surface area contributed by atoms with Crippen LogP contribution in [-0.2, 0) is 6.54 Å². The van der Waals surface area contributed by atoms with Gasteiger partial charge in [0.05, 0.1) is 0 Å². The minimum Gasteiger partial charge on any atom is -0.371 e. The number of likely N-dealkylation sites (N-methyl/N-ethyl adjacent to an activating group) is 1. The minimum absolute atomic E-state index is 0.625. The Labute approximate surface area is 111 Å². The van der Waals surface area contributed by atoms with Crippen LogP contribution in [0, 0.1) is 0 Å². The highest BCUT2D eigenvalue weighted by atomic mass is 15.2. The Hall–Kier alpha value is -1.06. The van der Waals surface area contributed by atoms with Crippen molar-refractivity contribution in [2.45, 2.75) is 26.3 Å². The number of hydrogen-bond acceptors (Lipinski definition) is 3. The number of hydrogen-bond donors (Lipinski definition) is 1. The highest BCUT2D eigenvalue weighted by Gasteiger charge is 2.12. The molecule has 1 aromatic carbocycles. The molecule has 2 rings (SSSR count). The molecular formula is C15H25N3. The average molecular weight is 247 g/mol. The van der Waals surface area contributed by atoms with Crippen LogP contribution in [0.4, 0.5) is 5.69 Å². The van der Waals surface area contributed by atoms with Crippen LogP contribution in [0.2, 0.25) is 0 Å². The Morgan fingerprint density at radius 1 is 1.17 bits per heavy atom. The van der Waals surface area contributed by atoms with Crippen molar-refractivity contribution in [1.82, 2.24) is 4.90 Å². The number of anilines is 1. The number of benzene rings is 1. The number of likely N-dealkylation sites (tertiary alicyclic amines) is 1. The van der Waals surface area contributed by atoms with Gasteiger partial charge in [-0.3, -0.25) is 0 Å². The number of nitrogens with zero attached hydrogens (tertiary/aromatic N) is 2. The van der Waals surface area contributed by atoms with Crippen molar-refractivity contribution in [3.63, 3.8) is 0 Å². The summed E-state index contributed by atoms with van der Waals surface area (Å²) in [6, 6.07) is 8.65. The first-order chi connectivity index (χ1) is 8.83. The first-order valence-corrected chi connectivity index (χ1v) is 7.10. The van der Waals surface area contributed by atoms with Gasteiger partial charge in [-0.1, -0.05) is 12.1 Å². The largest absolute Gasteiger partial charge is 0.371 e. The van der Waals surface area contributed by atoms with Gasteiger partial charge in [0.1, 0.15) is 0 Å². The van der Waals surface area contributed by atoms with E-state index in [2.05, 4.69) is 41.0 Å². The molecule has 1 aliphatic rings. The van der Waals surface area contributed by atoms with Crippen LogP contribution < -0.4 is 10.6 Å². The Kier molecular flexibility index (Phi) is 5.02. The quantitative estimate of drug-likeness (QED) is 0.835. The molecule has 1 saturated heterocycles. The highest BCUT2D eigenvalue weighted by Crippen LogP contribution is 2.15. The zero-order chi connectivity index (χ0) is 12.8. The van der Waals surface area contributed by atoms with Crippen molar-refractivity contribution in [2.75, 3.05) is 37.6 Å². The second-order valence-corrected chi connectivity index (χ2v) is 5.00. The lowest BCUT2D eigenvalue weighted by Crippen LogP contribution is -2.33. The SMILES string of the molecule is CCN(CCN1CCCC1)c1ccc(CN)cc1. The molecule has 1 aliphatic heterocycles. The first-order valence-electron chi connectivity index (χ1n) is 7.10. The third kappa shape index (κ3) is 3.47. The summed E-state index contributed by atoms with van der Waals surface area (Å²) >= 11 is 0. The predicted molar refractivity (Wildman–Crippen MR) is 77.9 cm³/mol. The molecule has 0 saturated carbocycles. The summed E-state index contributed by atoms with van der Waals surface area (Å²) in [4.78, 5) is 5.01. The summed E-state index contributed by atoms with van der Waals surface area (Å²) in [5.41, 5.74) is 8.15. The van der Waals surface area contributed by atoms with Gasteiger partial charge in [-0.05, 0) is 50.6 Å². The van der Waals surface area contributed by atoms with E-state index in [1.54, 1.807) is 0 Å². The van der Waals surface area contributed by atoms with Gasteiger partial charge in [0.15, 0.2) is 0 Å². The van der Waals surface area contributed by atoms with Crippen molar-refractivity contribution in [1.29, 1.82) is 0 Å². The average Bonchev–Trinajstić information content (AvgIpc) is 2.93. The van der Waals surface area contributed by atoms with E-state index in [-0.39, 0.29) is 0 Å². The zero-order valence-corrected chi connectivity index (χ0v) is 11.4. The van der Waals surface area contributed by atoms with Gasteiger partial charge in [0.25, 0.3) is 0 Å². The molecule has 0 aromatic heterocycles. The van der Waals surface area contributed by atoms with Gasteiger partial charge in [-0.15, -0.1) is 0 Å². The standard InChI is InChI=1S/C15H25N3/c1-2-18(12-11-17-9-3-4-10-17)15-7-5-14(13-16)6-8-15/h5-8H,2-4,9-13,16H2,1H3. The molecule has 0 amide bonds. The maximum Gasteiger partial charge on any atom is 0.0366 e. The van der Waals surface area contributed by atoms with Crippen LogP contribution in [-0.4, -0.2) is 37.6 Å². The highest BCUT2D eigenvalue weighted by molar-refractivity contribution is 5.47. The number of nitrogens with two attached hydrogens (primary N) is 1. The van der Waals surface area contributed by atoms with Crippen LogP contribution in [0.15, 0.2) is 24.3 Å². The normalized spacial score (nSPS) is 16.1. The lowest BCUT2D eigenvalue weighted by molar-refractivity contribution is 0.345. The minimum atomic E-state index is 0.625. The summed E-state index contributed by atoms with van der Waals surface area (Å²) in [7, 11) is 0. The molecule has 3 heteroatoms. The van der Waals surface area contributed by atoms with E-state index in [0.717, 1.165) is 13.1 Å². The molecule has 1 heterocycles. The Morgan fingerprint density at radius 2 is 1.83 bits per heavy atom. The Balaban J connectivity index is 1.89. The first kappa shape index (κ1) is 13.4. The third-order valence-electron chi connectivity index (χ3n) is 3.80. The van der Waals surface area contributed by atoms with Gasteiger partial charge in [0, 0.05) is 31.9 Å². The molecule has 0 bridgehead atoms. The summed E-state index contributed by atoms with van der Waals surface area (Å²) in [5.74, 6) is 0. The second kappa shape index (κ2) is 6.76. The van der Waals surface area contributed by atoms with Crippen LogP contribution in [0.1, 0.15) is 25.3 Å². The van der Waals surface area contributed by atoms with Gasteiger partial charge in [-0.25, -0.2) is 0 Å². The molecule has 0 spiro atoms. The van der Waals surface area contributed by atoms with Crippen LogP contribution in [0.5, 0.6) is 0 Å². The van der Waals surface area contributed by atoms with Crippen molar-refractivity contribution in [3.8, 4) is 0 Å². The van der Waals surface area contributed by atoms with Crippen molar-refractivity contribution < 1.29 is 0 Å². The van der Waals surface area contributed by atoms with Crippen molar-refractivity contribution in [3.05, 3.63) is 29.8 Å². The lowest BCUT2D eigenvalue weighted by Gasteiger charge is -2.26. The zero-order valence-electron chi connectivity index (χ0n) is 11.4. The van der Waals surface area contributed by atoms with E-state index in [9.17, 15) is 0 Å². The molecule has 3 nitrogen and oxygen atoms in total. The van der Waals surface area contributed by atoms with Gasteiger partial charge in [0.2, 0.25) is 0 Å². The van der Waals surface area contributed by atoms with E-state index < -0.39 is 0 Å². The van der Waals surface area contributed by atoms with Crippen molar-refractivity contribution >= 4 is 5.69 Å². The van der Waals surface area contributed by atoms with Crippen LogP contribution in [0.25, 0.3) is 0 Å². The summed E-state index contributed by atoms with van der Waals surface area (Å²) < 4.78 is 0. The van der Waals surface area contributed by atoms with Crippen molar-refractivity contribution in [2.24, 2.45) is 5.73 Å². The second-order valence-electron chi connectivity index (χ2n) is 5.00. The van der Waals surface area contributed by atoms with Gasteiger partial charge < -0.3 is 15.5 Å². The van der Waals surface area contributed by atoms with Gasteiger partial charge >= 0.3 is 0 Å². The maximum absolute atomic E-state index is 5.63. The fourth-order valence-electron chi connectivity index (χ4n) is 2.58. The van der Waals surface area contributed by atoms with E-state index >= 15 is 0 Å². The van der Waals surface area contributed by atoms with Crippen LogP contribution in [0.3, 0.4) is 0 Å². The summed E-state index contributed by atoms with van der Waals surface area (Å²) in [5, 5.41) is 0. The molecule has 2 N–H and O–H groups in total. The molecule has 0 aliphatic carbocycles. The van der Waals surface area contributed by atoms with E-state index in [0.29, 0.717) is 6.54 Å². The Bertz CT molecular complexity index is 341. The monoisotopic (exact) mass is 247 g/mol. The molecule has 100 valence electrons. The van der Waals surface area contributed by atoms with Crippen LogP contribution >= 0.6 is 0 Å². The topological polar surface area (TPSA) is 32.5 Å². The summed E-state index contributed by atoms with van der Waals surface area (Å²) in [6.45, 7) is 8.79. The molecular weight excluding hydrogens is 222 g/mol.